The van der Waals surface area contributed by atoms with Crippen molar-refractivity contribution >= 4 is 26.7 Å². The summed E-state index contributed by atoms with van der Waals surface area (Å²) >= 11 is 0. The number of fused-ring (bicyclic) bond motifs is 3. The molecule has 0 bridgehead atoms. The molecule has 0 saturated heterocycles. The molecule has 152 valence electrons. The fourth-order valence-electron chi connectivity index (χ4n) is 4.04. The van der Waals surface area contributed by atoms with Crippen LogP contribution in [0.4, 0.5) is 4.39 Å². The number of sulfone groups is 1. The van der Waals surface area contributed by atoms with E-state index in [2.05, 4.69) is 5.32 Å². The van der Waals surface area contributed by atoms with E-state index in [-0.39, 0.29) is 23.4 Å². The number of carboxylic acids is 1. The number of hydrogen-bond acceptors (Lipinski definition) is 4. The number of carboxylic acid groups (broad SMARTS) is 1. The molecule has 0 spiro atoms. The first-order valence-electron chi connectivity index (χ1n) is 9.37. The van der Waals surface area contributed by atoms with Crippen molar-refractivity contribution in [3.05, 3.63) is 65.6 Å². The van der Waals surface area contributed by atoms with Gasteiger partial charge in [-0.2, -0.15) is 0 Å². The number of nitrogens with zero attached hydrogens (tertiary/aromatic N) is 1. The summed E-state index contributed by atoms with van der Waals surface area (Å²) < 4.78 is 39.9. The van der Waals surface area contributed by atoms with E-state index in [4.69, 9.17) is 0 Å². The van der Waals surface area contributed by atoms with Crippen LogP contribution in [0.3, 0.4) is 0 Å². The second kappa shape index (κ2) is 7.61. The number of carbonyl (C=O) groups is 1. The third kappa shape index (κ3) is 3.90. The molecular formula is C21H21FN2O4S. The van der Waals surface area contributed by atoms with Gasteiger partial charge in [0.1, 0.15) is 18.2 Å². The van der Waals surface area contributed by atoms with Crippen LogP contribution in [-0.2, 0) is 34.0 Å². The Hall–Kier alpha value is -2.71. The van der Waals surface area contributed by atoms with Gasteiger partial charge in [0.25, 0.3) is 0 Å². The van der Waals surface area contributed by atoms with Gasteiger partial charge in [-0.25, -0.2) is 12.8 Å². The molecule has 0 saturated carbocycles. The van der Waals surface area contributed by atoms with Crippen LogP contribution in [0.15, 0.2) is 53.4 Å². The van der Waals surface area contributed by atoms with E-state index in [0.717, 1.165) is 34.3 Å². The van der Waals surface area contributed by atoms with Crippen LogP contribution in [0.2, 0.25) is 0 Å². The second-order valence-electron chi connectivity index (χ2n) is 7.28. The van der Waals surface area contributed by atoms with Gasteiger partial charge in [0.2, 0.25) is 0 Å². The predicted molar refractivity (Wildman–Crippen MR) is 107 cm³/mol. The SMILES string of the molecule is O=C(O)Cn1c2c(c3ccccc31)CC(NCS(=O)(=O)c1ccc(F)cc1)CC2. The number of benzene rings is 2. The highest BCUT2D eigenvalue weighted by Gasteiger charge is 2.27. The molecule has 1 atom stereocenters. The van der Waals surface area contributed by atoms with Crippen molar-refractivity contribution in [2.45, 2.75) is 36.7 Å². The minimum absolute atomic E-state index is 0.0400. The van der Waals surface area contributed by atoms with Crippen molar-refractivity contribution in [1.29, 1.82) is 0 Å². The molecule has 0 amide bonds. The van der Waals surface area contributed by atoms with E-state index in [0.29, 0.717) is 19.3 Å². The molecule has 6 nitrogen and oxygen atoms in total. The number of halogens is 1. The first kappa shape index (κ1) is 19.6. The number of aromatic nitrogens is 1. The lowest BCUT2D eigenvalue weighted by Crippen LogP contribution is -2.38. The molecule has 1 aliphatic carbocycles. The monoisotopic (exact) mass is 416 g/mol. The van der Waals surface area contributed by atoms with Gasteiger partial charge in [-0.15, -0.1) is 0 Å². The average molecular weight is 416 g/mol. The van der Waals surface area contributed by atoms with Crippen molar-refractivity contribution in [2.24, 2.45) is 0 Å². The summed E-state index contributed by atoms with van der Waals surface area (Å²) in [5.74, 6) is -1.60. The van der Waals surface area contributed by atoms with E-state index in [1.54, 1.807) is 0 Å². The molecule has 8 heteroatoms. The highest BCUT2D eigenvalue weighted by molar-refractivity contribution is 7.91. The molecule has 3 aromatic rings. The molecule has 29 heavy (non-hydrogen) atoms. The molecule has 4 rings (SSSR count). The van der Waals surface area contributed by atoms with Gasteiger partial charge in [0.05, 0.1) is 4.90 Å². The normalized spacial score (nSPS) is 16.7. The molecule has 0 aliphatic heterocycles. The maximum atomic E-state index is 13.1. The average Bonchev–Trinajstić information content (AvgIpc) is 3.00. The van der Waals surface area contributed by atoms with Crippen LogP contribution in [0.1, 0.15) is 17.7 Å². The Balaban J connectivity index is 1.55. The zero-order valence-corrected chi connectivity index (χ0v) is 16.5. The van der Waals surface area contributed by atoms with Crippen molar-refractivity contribution in [3.63, 3.8) is 0 Å². The molecule has 1 aliphatic rings. The first-order chi connectivity index (χ1) is 13.8. The van der Waals surface area contributed by atoms with Crippen LogP contribution in [0.25, 0.3) is 10.9 Å². The summed E-state index contributed by atoms with van der Waals surface area (Å²) in [7, 11) is -3.57. The summed E-state index contributed by atoms with van der Waals surface area (Å²) in [6.07, 6.45) is 2.01. The molecule has 0 radical (unpaired) electrons. The van der Waals surface area contributed by atoms with Crippen molar-refractivity contribution in [3.8, 4) is 0 Å². The van der Waals surface area contributed by atoms with Gasteiger partial charge < -0.3 is 15.0 Å². The van der Waals surface area contributed by atoms with E-state index >= 15 is 0 Å². The van der Waals surface area contributed by atoms with Crippen LogP contribution < -0.4 is 5.32 Å². The Kier molecular flexibility index (Phi) is 5.14. The molecule has 1 aromatic heterocycles. The maximum Gasteiger partial charge on any atom is 0.323 e. The minimum atomic E-state index is -3.57. The van der Waals surface area contributed by atoms with Crippen molar-refractivity contribution < 1.29 is 22.7 Å². The molecule has 2 N–H and O–H groups in total. The molecule has 0 fully saturated rings. The van der Waals surface area contributed by atoms with E-state index in [1.165, 1.54) is 12.1 Å². The quantitative estimate of drug-likeness (QED) is 0.604. The zero-order chi connectivity index (χ0) is 20.6. The summed E-state index contributed by atoms with van der Waals surface area (Å²) in [6.45, 7) is -0.0904. The lowest BCUT2D eigenvalue weighted by atomic mass is 9.91. The van der Waals surface area contributed by atoms with Gasteiger partial charge in [-0.05, 0) is 55.2 Å². The second-order valence-corrected chi connectivity index (χ2v) is 9.27. The van der Waals surface area contributed by atoms with Crippen molar-refractivity contribution in [1.82, 2.24) is 9.88 Å². The summed E-state index contributed by atoms with van der Waals surface area (Å²) in [4.78, 5) is 11.4. The molecule has 1 unspecified atom stereocenters. The van der Waals surface area contributed by atoms with E-state index < -0.39 is 21.6 Å². The number of rotatable bonds is 6. The maximum absolute atomic E-state index is 13.1. The lowest BCUT2D eigenvalue weighted by Gasteiger charge is -2.25. The van der Waals surface area contributed by atoms with Crippen molar-refractivity contribution in [2.75, 3.05) is 5.88 Å². The van der Waals surface area contributed by atoms with Gasteiger partial charge in [-0.3, -0.25) is 4.79 Å². The predicted octanol–water partition coefficient (Wildman–Crippen LogP) is 2.74. The number of nitrogens with one attached hydrogen (secondary N) is 1. The Morgan fingerprint density at radius 3 is 2.62 bits per heavy atom. The summed E-state index contributed by atoms with van der Waals surface area (Å²) in [5.41, 5.74) is 2.97. The number of aliphatic carboxylic acids is 1. The largest absolute Gasteiger partial charge is 0.480 e. The van der Waals surface area contributed by atoms with Gasteiger partial charge in [0.15, 0.2) is 9.84 Å². The highest BCUT2D eigenvalue weighted by Crippen LogP contribution is 2.32. The molecule has 2 aromatic carbocycles. The van der Waals surface area contributed by atoms with Crippen LogP contribution in [0, 0.1) is 5.82 Å². The van der Waals surface area contributed by atoms with Crippen LogP contribution in [-0.4, -0.2) is 36.0 Å². The number of hydrogen-bond donors (Lipinski definition) is 2. The lowest BCUT2D eigenvalue weighted by molar-refractivity contribution is -0.137. The fourth-order valence-corrected chi connectivity index (χ4v) is 5.22. The van der Waals surface area contributed by atoms with Crippen LogP contribution in [0.5, 0.6) is 0 Å². The highest BCUT2D eigenvalue weighted by atomic mass is 32.2. The van der Waals surface area contributed by atoms with Gasteiger partial charge in [-0.1, -0.05) is 18.2 Å². The summed E-state index contributed by atoms with van der Waals surface area (Å²) in [6, 6.07) is 12.5. The van der Waals surface area contributed by atoms with Crippen LogP contribution >= 0.6 is 0 Å². The molecule has 1 heterocycles. The summed E-state index contributed by atoms with van der Waals surface area (Å²) in [5, 5.41) is 13.4. The standard InChI is InChI=1S/C21H21FN2O4S/c22-14-5-8-16(9-6-14)29(27,28)13-23-15-7-10-20-18(11-15)17-3-1-2-4-19(17)24(20)12-21(25)26/h1-6,8-9,15,23H,7,10-13H2,(H,25,26). The smallest absolute Gasteiger partial charge is 0.323 e. The third-order valence-corrected chi connectivity index (χ3v) is 6.94. The van der Waals surface area contributed by atoms with E-state index in [1.807, 2.05) is 28.8 Å². The number of para-hydroxylation sites is 1. The topological polar surface area (TPSA) is 88.4 Å². The molecular weight excluding hydrogens is 395 g/mol. The Morgan fingerprint density at radius 1 is 1.17 bits per heavy atom. The fraction of sp³-hybridized carbons (Fsp3) is 0.286. The first-order valence-corrected chi connectivity index (χ1v) is 11.0. The third-order valence-electron chi connectivity index (χ3n) is 5.40. The van der Waals surface area contributed by atoms with Gasteiger partial charge in [0, 0.05) is 22.6 Å². The Labute approximate surface area is 167 Å². The van der Waals surface area contributed by atoms with E-state index in [9.17, 15) is 22.7 Å². The minimum Gasteiger partial charge on any atom is -0.480 e. The van der Waals surface area contributed by atoms with Gasteiger partial charge >= 0.3 is 5.97 Å². The Bertz CT molecular complexity index is 1170. The zero-order valence-electron chi connectivity index (χ0n) is 15.6. The Morgan fingerprint density at radius 2 is 1.90 bits per heavy atom.